The van der Waals surface area contributed by atoms with Gasteiger partial charge in [-0.15, -0.1) is 0 Å². The average Bonchev–Trinajstić information content (AvgIpc) is 2.56. The number of hydrogen-bond acceptors (Lipinski definition) is 5. The van der Waals surface area contributed by atoms with E-state index in [1.165, 1.54) is 6.33 Å². The summed E-state index contributed by atoms with van der Waals surface area (Å²) in [7, 11) is 1.70. The first kappa shape index (κ1) is 11.4. The zero-order valence-corrected chi connectivity index (χ0v) is 8.80. The molecule has 0 amide bonds. The Hall–Kier alpha value is -1.63. The van der Waals surface area contributed by atoms with E-state index in [0.717, 1.165) is 6.42 Å². The van der Waals surface area contributed by atoms with Crippen LogP contribution in [0.2, 0.25) is 0 Å². The zero-order chi connectivity index (χ0) is 11.4. The number of anilines is 1. The fourth-order valence-electron chi connectivity index (χ4n) is 1.24. The summed E-state index contributed by atoms with van der Waals surface area (Å²) < 4.78 is 1.58. The maximum atomic E-state index is 10.7. The Morgan fingerprint density at radius 2 is 2.47 bits per heavy atom. The van der Waals surface area contributed by atoms with Crippen LogP contribution < -0.4 is 11.1 Å². The summed E-state index contributed by atoms with van der Waals surface area (Å²) in [5.41, 5.74) is 5.51. The summed E-state index contributed by atoms with van der Waals surface area (Å²) in [5, 5.41) is 13.7. The fourth-order valence-corrected chi connectivity index (χ4v) is 1.24. The van der Waals surface area contributed by atoms with Crippen LogP contribution in [0.4, 0.5) is 11.6 Å². The molecule has 7 nitrogen and oxygen atoms in total. The van der Waals surface area contributed by atoms with Crippen molar-refractivity contribution in [2.24, 2.45) is 12.8 Å². The normalized spacial score (nSPS) is 12.5. The Balaban J connectivity index is 2.91. The van der Waals surface area contributed by atoms with Gasteiger partial charge in [0.25, 0.3) is 0 Å². The lowest BCUT2D eigenvalue weighted by atomic mass is 10.2. The molecule has 0 fully saturated rings. The molecule has 0 aliphatic carbocycles. The van der Waals surface area contributed by atoms with Gasteiger partial charge >= 0.3 is 5.82 Å². The third-order valence-electron chi connectivity index (χ3n) is 2.21. The van der Waals surface area contributed by atoms with Gasteiger partial charge in [-0.05, 0) is 16.3 Å². The molecule has 0 saturated heterocycles. The van der Waals surface area contributed by atoms with Crippen molar-refractivity contribution in [3.05, 3.63) is 16.4 Å². The van der Waals surface area contributed by atoms with Crippen LogP contribution in [0.25, 0.3) is 0 Å². The SMILES string of the molecule is CCC(CN)Nc1c([N+](=O)[O-])ncn1C. The lowest BCUT2D eigenvalue weighted by molar-refractivity contribution is -0.388. The van der Waals surface area contributed by atoms with E-state index < -0.39 is 4.92 Å². The number of hydrogen-bond donors (Lipinski definition) is 2. The van der Waals surface area contributed by atoms with Gasteiger partial charge in [-0.1, -0.05) is 6.92 Å². The van der Waals surface area contributed by atoms with Crippen LogP contribution in [0, 0.1) is 10.1 Å². The van der Waals surface area contributed by atoms with E-state index in [9.17, 15) is 10.1 Å². The summed E-state index contributed by atoms with van der Waals surface area (Å²) in [6.45, 7) is 2.39. The highest BCUT2D eigenvalue weighted by molar-refractivity contribution is 5.52. The van der Waals surface area contributed by atoms with Crippen LogP contribution >= 0.6 is 0 Å². The molecule has 15 heavy (non-hydrogen) atoms. The molecular weight excluding hydrogens is 198 g/mol. The molecule has 0 saturated carbocycles. The number of nitro groups is 1. The van der Waals surface area contributed by atoms with Crippen LogP contribution in [0.15, 0.2) is 6.33 Å². The second kappa shape index (κ2) is 4.74. The summed E-state index contributed by atoms with van der Waals surface area (Å²) >= 11 is 0. The van der Waals surface area contributed by atoms with Gasteiger partial charge < -0.3 is 21.2 Å². The highest BCUT2D eigenvalue weighted by Gasteiger charge is 2.21. The monoisotopic (exact) mass is 213 g/mol. The second-order valence-electron chi connectivity index (χ2n) is 3.27. The molecule has 1 aromatic rings. The molecule has 1 aromatic heterocycles. The van der Waals surface area contributed by atoms with Crippen molar-refractivity contribution in [1.82, 2.24) is 9.55 Å². The summed E-state index contributed by atoms with van der Waals surface area (Å²) in [6, 6.07) is 0.0269. The topological polar surface area (TPSA) is 99.0 Å². The number of aromatic nitrogens is 2. The van der Waals surface area contributed by atoms with E-state index in [1.54, 1.807) is 11.6 Å². The molecule has 3 N–H and O–H groups in total. The molecular formula is C8H15N5O2. The average molecular weight is 213 g/mol. The molecule has 1 atom stereocenters. The third-order valence-corrected chi connectivity index (χ3v) is 2.21. The van der Waals surface area contributed by atoms with E-state index in [2.05, 4.69) is 10.3 Å². The molecule has 0 aromatic carbocycles. The van der Waals surface area contributed by atoms with Gasteiger partial charge in [-0.25, -0.2) is 0 Å². The quantitative estimate of drug-likeness (QED) is 0.547. The number of nitrogens with two attached hydrogens (primary N) is 1. The van der Waals surface area contributed by atoms with E-state index in [-0.39, 0.29) is 11.9 Å². The lowest BCUT2D eigenvalue weighted by Gasteiger charge is -2.15. The lowest BCUT2D eigenvalue weighted by Crippen LogP contribution is -2.29. The van der Waals surface area contributed by atoms with Crippen LogP contribution in [0.3, 0.4) is 0 Å². The Labute approximate surface area is 87.4 Å². The van der Waals surface area contributed by atoms with Crippen LogP contribution in [0.1, 0.15) is 13.3 Å². The number of nitrogens with zero attached hydrogens (tertiary/aromatic N) is 3. The molecule has 0 radical (unpaired) electrons. The fraction of sp³-hybridized carbons (Fsp3) is 0.625. The van der Waals surface area contributed by atoms with Gasteiger partial charge in [-0.2, -0.15) is 0 Å². The number of nitrogens with one attached hydrogen (secondary N) is 1. The number of imidazole rings is 1. The smallest absolute Gasteiger partial charge is 0.360 e. The predicted octanol–water partition coefficient (Wildman–Crippen LogP) is 0.477. The molecule has 1 heterocycles. The minimum atomic E-state index is -0.508. The van der Waals surface area contributed by atoms with Crippen LogP contribution in [-0.2, 0) is 7.05 Å². The van der Waals surface area contributed by atoms with Crippen molar-refractivity contribution in [3.63, 3.8) is 0 Å². The van der Waals surface area contributed by atoms with Crippen molar-refractivity contribution in [1.29, 1.82) is 0 Å². The molecule has 0 aliphatic heterocycles. The summed E-state index contributed by atoms with van der Waals surface area (Å²) in [5.74, 6) is 0.238. The Bertz CT molecular complexity index is 345. The third kappa shape index (κ3) is 2.44. The van der Waals surface area contributed by atoms with Gasteiger partial charge in [-0.3, -0.25) is 4.57 Å². The molecule has 0 bridgehead atoms. The van der Waals surface area contributed by atoms with Crippen molar-refractivity contribution in [2.75, 3.05) is 11.9 Å². The van der Waals surface area contributed by atoms with E-state index >= 15 is 0 Å². The van der Waals surface area contributed by atoms with E-state index in [0.29, 0.717) is 12.4 Å². The standard InChI is InChI=1S/C8H15N5O2/c1-3-6(4-9)11-8-7(13(14)15)10-5-12(8)2/h5-6,11H,3-4,9H2,1-2H3. The summed E-state index contributed by atoms with van der Waals surface area (Å²) in [6.07, 6.45) is 2.21. The van der Waals surface area contributed by atoms with Crippen LogP contribution in [-0.4, -0.2) is 27.1 Å². The first-order valence-corrected chi connectivity index (χ1v) is 4.72. The van der Waals surface area contributed by atoms with Gasteiger partial charge in [0.2, 0.25) is 12.1 Å². The first-order chi connectivity index (χ1) is 7.10. The Morgan fingerprint density at radius 3 is 2.93 bits per heavy atom. The molecule has 7 heteroatoms. The Kier molecular flexibility index (Phi) is 3.62. The molecule has 0 aliphatic rings. The highest BCUT2D eigenvalue weighted by atomic mass is 16.6. The van der Waals surface area contributed by atoms with E-state index in [1.807, 2.05) is 6.92 Å². The van der Waals surface area contributed by atoms with Crippen molar-refractivity contribution < 1.29 is 4.92 Å². The molecule has 0 spiro atoms. The number of aryl methyl sites for hydroxylation is 1. The minimum absolute atomic E-state index is 0.0269. The number of rotatable bonds is 5. The Morgan fingerprint density at radius 1 is 1.80 bits per heavy atom. The summed E-state index contributed by atoms with van der Waals surface area (Å²) in [4.78, 5) is 13.8. The highest BCUT2D eigenvalue weighted by Crippen LogP contribution is 2.21. The maximum Gasteiger partial charge on any atom is 0.406 e. The zero-order valence-electron chi connectivity index (χ0n) is 8.80. The van der Waals surface area contributed by atoms with Gasteiger partial charge in [0.1, 0.15) is 0 Å². The molecule has 84 valence electrons. The van der Waals surface area contributed by atoms with Gasteiger partial charge in [0.15, 0.2) is 0 Å². The van der Waals surface area contributed by atoms with E-state index in [4.69, 9.17) is 5.73 Å². The van der Waals surface area contributed by atoms with Crippen molar-refractivity contribution in [3.8, 4) is 0 Å². The minimum Gasteiger partial charge on any atom is -0.360 e. The van der Waals surface area contributed by atoms with Crippen molar-refractivity contribution in [2.45, 2.75) is 19.4 Å². The first-order valence-electron chi connectivity index (χ1n) is 4.72. The largest absolute Gasteiger partial charge is 0.406 e. The second-order valence-corrected chi connectivity index (χ2v) is 3.27. The molecule has 1 rings (SSSR count). The maximum absolute atomic E-state index is 10.7. The predicted molar refractivity (Wildman–Crippen MR) is 56.6 cm³/mol. The van der Waals surface area contributed by atoms with Gasteiger partial charge in [0, 0.05) is 19.6 Å². The van der Waals surface area contributed by atoms with Crippen molar-refractivity contribution >= 4 is 11.6 Å². The molecule has 1 unspecified atom stereocenters. The van der Waals surface area contributed by atoms with Crippen LogP contribution in [0.5, 0.6) is 0 Å². The van der Waals surface area contributed by atoms with Gasteiger partial charge in [0.05, 0.1) is 0 Å².